The first kappa shape index (κ1) is 27.3. The van der Waals surface area contributed by atoms with E-state index in [1.807, 2.05) is 30.3 Å². The molecule has 0 aliphatic heterocycles. The van der Waals surface area contributed by atoms with Gasteiger partial charge in [0.2, 0.25) is 0 Å². The molecule has 0 heterocycles. The van der Waals surface area contributed by atoms with Gasteiger partial charge in [-0.15, -0.1) is 0 Å². The summed E-state index contributed by atoms with van der Waals surface area (Å²) in [5.74, 6) is -0.614. The van der Waals surface area contributed by atoms with Crippen LogP contribution in [-0.4, -0.2) is 44.0 Å². The first-order valence-corrected chi connectivity index (χ1v) is 14.8. The molecule has 0 aliphatic carbocycles. The van der Waals surface area contributed by atoms with Gasteiger partial charge in [-0.3, -0.25) is 4.79 Å². The van der Waals surface area contributed by atoms with Crippen LogP contribution in [0.4, 0.5) is 0 Å². The molecule has 0 fully saturated rings. The van der Waals surface area contributed by atoms with Crippen molar-refractivity contribution >= 4 is 58.7 Å². The van der Waals surface area contributed by atoms with Gasteiger partial charge >= 0.3 is 0 Å². The zero-order chi connectivity index (χ0) is 25.6. The molecule has 2 atom stereocenters. The van der Waals surface area contributed by atoms with Crippen LogP contribution >= 0.6 is 31.4 Å². The summed E-state index contributed by atoms with van der Waals surface area (Å²) in [4.78, 5) is 35.1. The van der Waals surface area contributed by atoms with Crippen molar-refractivity contribution in [3.05, 3.63) is 93.5 Å². The lowest BCUT2D eigenvalue weighted by Crippen LogP contribution is -2.38. The van der Waals surface area contributed by atoms with E-state index >= 15 is 0 Å². The van der Waals surface area contributed by atoms with Crippen molar-refractivity contribution in [2.45, 2.75) is 23.8 Å². The minimum absolute atomic E-state index is 0.0446. The SMILES string of the molecule is CS(=O)(=O)c1cccc(CC(C=O)NC(=O)c2c(Cl)cc(CCP(O)c3ccccc3)cc2Cl)c1. The number of sulfone groups is 1. The summed E-state index contributed by atoms with van der Waals surface area (Å²) in [6.07, 6.45) is 2.81. The van der Waals surface area contributed by atoms with Gasteiger partial charge in [-0.1, -0.05) is 65.7 Å². The fourth-order valence-electron chi connectivity index (χ4n) is 3.48. The molecule has 0 spiro atoms. The van der Waals surface area contributed by atoms with Gasteiger partial charge in [0, 0.05) is 11.6 Å². The Labute approximate surface area is 216 Å². The number of amides is 1. The minimum atomic E-state index is -3.40. The normalized spacial score (nSPS) is 13.1. The fourth-order valence-corrected chi connectivity index (χ4v) is 6.12. The molecule has 2 unspecified atom stereocenters. The van der Waals surface area contributed by atoms with Crippen LogP contribution in [0.15, 0.2) is 71.6 Å². The highest BCUT2D eigenvalue weighted by Crippen LogP contribution is 2.32. The number of halogens is 2. The Morgan fingerprint density at radius 3 is 2.29 bits per heavy atom. The van der Waals surface area contributed by atoms with Gasteiger partial charge in [-0.2, -0.15) is 0 Å². The maximum Gasteiger partial charge on any atom is 0.254 e. The largest absolute Gasteiger partial charge is 0.369 e. The Balaban J connectivity index is 1.69. The van der Waals surface area contributed by atoms with E-state index in [0.717, 1.165) is 17.1 Å². The van der Waals surface area contributed by atoms with Gasteiger partial charge in [0.1, 0.15) is 6.29 Å². The second-order valence-electron chi connectivity index (χ2n) is 7.98. The quantitative estimate of drug-likeness (QED) is 0.290. The van der Waals surface area contributed by atoms with E-state index in [-0.39, 0.29) is 26.9 Å². The number of aryl methyl sites for hydroxylation is 1. The number of carbonyl (C=O) groups excluding carboxylic acids is 2. The standard InChI is InChI=1S/C25H24Cl2NO5PS/c1-35(32,33)21-9-5-6-17(13-21)12-19(16-29)28-25(30)24-22(26)14-18(15-23(24)27)10-11-34(31)20-7-3-2-4-8-20/h2-9,13-16,19,31H,10-12H2,1H3,(H,28,30). The van der Waals surface area contributed by atoms with Crippen molar-refractivity contribution in [2.24, 2.45) is 0 Å². The Hall–Kier alpha value is -2.28. The predicted octanol–water partition coefficient (Wildman–Crippen LogP) is 4.19. The van der Waals surface area contributed by atoms with Crippen molar-refractivity contribution in [3.63, 3.8) is 0 Å². The van der Waals surface area contributed by atoms with Crippen molar-refractivity contribution < 1.29 is 22.9 Å². The third-order valence-corrected chi connectivity index (χ3v) is 8.51. The molecule has 0 bridgehead atoms. The van der Waals surface area contributed by atoms with Crippen molar-refractivity contribution in [1.82, 2.24) is 5.32 Å². The zero-order valence-corrected chi connectivity index (χ0v) is 22.0. The average Bonchev–Trinajstić information content (AvgIpc) is 2.82. The molecule has 10 heteroatoms. The van der Waals surface area contributed by atoms with Gasteiger partial charge in [-0.25, -0.2) is 8.42 Å². The average molecular weight is 552 g/mol. The number of carbonyl (C=O) groups is 2. The summed E-state index contributed by atoms with van der Waals surface area (Å²) >= 11 is 12.7. The van der Waals surface area contributed by atoms with E-state index in [1.54, 1.807) is 24.3 Å². The predicted molar refractivity (Wildman–Crippen MR) is 141 cm³/mol. The molecular formula is C25H24Cl2NO5PS. The number of hydrogen-bond acceptors (Lipinski definition) is 5. The second-order valence-corrected chi connectivity index (χ2v) is 12.6. The highest BCUT2D eigenvalue weighted by molar-refractivity contribution is 7.90. The van der Waals surface area contributed by atoms with E-state index in [0.29, 0.717) is 24.4 Å². The molecule has 3 rings (SSSR count). The monoisotopic (exact) mass is 551 g/mol. The molecule has 0 saturated carbocycles. The van der Waals surface area contributed by atoms with E-state index in [1.165, 1.54) is 12.1 Å². The van der Waals surface area contributed by atoms with Crippen LogP contribution in [0.25, 0.3) is 0 Å². The van der Waals surface area contributed by atoms with Gasteiger partial charge in [0.05, 0.1) is 34.7 Å². The molecule has 0 aromatic heterocycles. The van der Waals surface area contributed by atoms with Gasteiger partial charge in [0.25, 0.3) is 5.91 Å². The zero-order valence-electron chi connectivity index (χ0n) is 18.8. The molecule has 0 radical (unpaired) electrons. The third kappa shape index (κ3) is 7.60. The molecular weight excluding hydrogens is 528 g/mol. The summed E-state index contributed by atoms with van der Waals surface area (Å²) < 4.78 is 23.6. The number of benzene rings is 3. The third-order valence-electron chi connectivity index (χ3n) is 5.26. The Kier molecular flexibility index (Phi) is 9.45. The Morgan fingerprint density at radius 1 is 1.03 bits per heavy atom. The topological polar surface area (TPSA) is 101 Å². The van der Waals surface area contributed by atoms with Gasteiger partial charge in [-0.05, 0) is 54.4 Å². The smallest absolute Gasteiger partial charge is 0.254 e. The van der Waals surface area contributed by atoms with Crippen molar-refractivity contribution in [1.29, 1.82) is 0 Å². The van der Waals surface area contributed by atoms with Crippen molar-refractivity contribution in [3.8, 4) is 0 Å². The maximum atomic E-state index is 12.9. The summed E-state index contributed by atoms with van der Waals surface area (Å²) in [7, 11) is -4.73. The van der Waals surface area contributed by atoms with E-state index < -0.39 is 29.9 Å². The van der Waals surface area contributed by atoms with Crippen LogP contribution in [0.3, 0.4) is 0 Å². The number of hydrogen-bond donors (Lipinski definition) is 2. The van der Waals surface area contributed by atoms with Crippen LogP contribution in [0.5, 0.6) is 0 Å². The number of aldehydes is 1. The Bertz CT molecular complexity index is 1300. The molecule has 0 aliphatic rings. The molecule has 35 heavy (non-hydrogen) atoms. The van der Waals surface area contributed by atoms with E-state index in [4.69, 9.17) is 23.2 Å². The summed E-state index contributed by atoms with van der Waals surface area (Å²) in [5.41, 5.74) is 1.40. The highest BCUT2D eigenvalue weighted by atomic mass is 35.5. The van der Waals surface area contributed by atoms with Gasteiger partial charge in [0.15, 0.2) is 9.84 Å². The first-order valence-electron chi connectivity index (χ1n) is 10.6. The number of rotatable bonds is 10. The molecule has 184 valence electrons. The fraction of sp³-hybridized carbons (Fsp3) is 0.200. The van der Waals surface area contributed by atoms with Crippen LogP contribution in [0.2, 0.25) is 10.0 Å². The molecule has 2 N–H and O–H groups in total. The lowest BCUT2D eigenvalue weighted by Gasteiger charge is -2.16. The molecule has 0 saturated heterocycles. The number of nitrogens with one attached hydrogen (secondary N) is 1. The molecule has 1 amide bonds. The lowest BCUT2D eigenvalue weighted by atomic mass is 10.1. The van der Waals surface area contributed by atoms with Crippen LogP contribution in [0.1, 0.15) is 21.5 Å². The van der Waals surface area contributed by atoms with Crippen LogP contribution in [0, 0.1) is 0 Å². The van der Waals surface area contributed by atoms with E-state index in [2.05, 4.69) is 5.32 Å². The minimum Gasteiger partial charge on any atom is -0.369 e. The van der Waals surface area contributed by atoms with E-state index in [9.17, 15) is 22.9 Å². The first-order chi connectivity index (χ1) is 16.6. The van der Waals surface area contributed by atoms with Crippen molar-refractivity contribution in [2.75, 3.05) is 12.4 Å². The molecule has 3 aromatic rings. The summed E-state index contributed by atoms with van der Waals surface area (Å²) in [5, 5.41) is 3.74. The molecule has 6 nitrogen and oxygen atoms in total. The van der Waals surface area contributed by atoms with Crippen LogP contribution < -0.4 is 10.6 Å². The second kappa shape index (κ2) is 12.1. The molecule has 3 aromatic carbocycles. The van der Waals surface area contributed by atoms with Crippen LogP contribution in [-0.2, 0) is 27.5 Å². The highest BCUT2D eigenvalue weighted by Gasteiger charge is 2.21. The maximum absolute atomic E-state index is 12.9. The Morgan fingerprint density at radius 2 is 1.69 bits per heavy atom. The summed E-state index contributed by atoms with van der Waals surface area (Å²) in [6.45, 7) is 0. The lowest BCUT2D eigenvalue weighted by molar-refractivity contribution is -0.109. The van der Waals surface area contributed by atoms with Gasteiger partial charge < -0.3 is 15.0 Å². The summed E-state index contributed by atoms with van der Waals surface area (Å²) in [6, 6.07) is 17.9.